The molecule has 0 radical (unpaired) electrons. The molecule has 0 unspecified atom stereocenters. The summed E-state index contributed by atoms with van der Waals surface area (Å²) in [5, 5.41) is 21.3. The Kier molecular flexibility index (Phi) is 10.9. The lowest BCUT2D eigenvalue weighted by Gasteiger charge is -2.28. The van der Waals surface area contributed by atoms with Gasteiger partial charge in [0.15, 0.2) is 0 Å². The normalized spacial score (nSPS) is 19.5. The van der Waals surface area contributed by atoms with Crippen molar-refractivity contribution in [1.82, 2.24) is 14.7 Å². The standard InChI is InChI=1S/C28H30F3N5O9S/c29-28(30,31)17-33(26(38)44-15-18-1-5-21(6-2-18)35(40)41)13-20-9-10-32(12-20)25(37)24-11-23(46)14-34(24)27(39)45-16-19-3-7-22(8-4-19)36(42)43/h1-8,20,23-24,46H,9-17H2/t20-,23-,24-/m0/s1. The molecule has 0 aliphatic carbocycles. The predicted octanol–water partition coefficient (Wildman–Crippen LogP) is 4.56. The molecule has 2 aromatic carbocycles. The van der Waals surface area contributed by atoms with Gasteiger partial charge >= 0.3 is 18.4 Å². The molecule has 14 nitrogen and oxygen atoms in total. The van der Waals surface area contributed by atoms with Crippen LogP contribution in [0.4, 0.5) is 34.1 Å². The number of thiol groups is 1. The van der Waals surface area contributed by atoms with Crippen molar-refractivity contribution in [3.8, 4) is 0 Å². The Morgan fingerprint density at radius 1 is 0.913 bits per heavy atom. The van der Waals surface area contributed by atoms with Crippen molar-refractivity contribution in [2.75, 3.05) is 32.7 Å². The minimum Gasteiger partial charge on any atom is -0.445 e. The Morgan fingerprint density at radius 3 is 1.98 bits per heavy atom. The summed E-state index contributed by atoms with van der Waals surface area (Å²) in [6.45, 7) is -2.15. The van der Waals surface area contributed by atoms with E-state index in [1.165, 1.54) is 58.3 Å². The molecule has 2 fully saturated rings. The van der Waals surface area contributed by atoms with Gasteiger partial charge in [-0.3, -0.25) is 34.8 Å². The molecule has 0 aromatic heterocycles. The molecule has 2 aliphatic rings. The smallest absolute Gasteiger partial charge is 0.410 e. The number of benzene rings is 2. The molecule has 0 N–H and O–H groups in total. The molecule has 2 saturated heterocycles. The van der Waals surface area contributed by atoms with Gasteiger partial charge in [-0.1, -0.05) is 0 Å². The summed E-state index contributed by atoms with van der Waals surface area (Å²) in [5.41, 5.74) is 0.528. The molecule has 46 heavy (non-hydrogen) atoms. The van der Waals surface area contributed by atoms with E-state index in [2.05, 4.69) is 12.6 Å². The van der Waals surface area contributed by atoms with Crippen LogP contribution in [0.15, 0.2) is 48.5 Å². The molecule has 2 heterocycles. The number of amides is 3. The van der Waals surface area contributed by atoms with Crippen LogP contribution in [0.25, 0.3) is 0 Å². The molecule has 18 heteroatoms. The summed E-state index contributed by atoms with van der Waals surface area (Å²) >= 11 is 4.42. The van der Waals surface area contributed by atoms with E-state index in [1.807, 2.05) is 0 Å². The van der Waals surface area contributed by atoms with Crippen LogP contribution < -0.4 is 0 Å². The van der Waals surface area contributed by atoms with E-state index in [0.29, 0.717) is 22.4 Å². The molecular formula is C28H30F3N5O9S. The fraction of sp³-hybridized carbons (Fsp3) is 0.464. The van der Waals surface area contributed by atoms with Gasteiger partial charge in [0.1, 0.15) is 25.8 Å². The lowest BCUT2D eigenvalue weighted by atomic mass is 10.1. The molecule has 248 valence electrons. The summed E-state index contributed by atoms with van der Waals surface area (Å²) in [5.74, 6) is -0.927. The summed E-state index contributed by atoms with van der Waals surface area (Å²) in [7, 11) is 0. The zero-order valence-corrected chi connectivity index (χ0v) is 25.1. The number of carbonyl (C=O) groups excluding carboxylic acids is 3. The van der Waals surface area contributed by atoms with Gasteiger partial charge in [-0.05, 0) is 54.2 Å². The number of halogens is 3. The predicted molar refractivity (Wildman–Crippen MR) is 157 cm³/mol. The van der Waals surface area contributed by atoms with Crippen molar-refractivity contribution in [3.05, 3.63) is 79.9 Å². The monoisotopic (exact) mass is 669 g/mol. The highest BCUT2D eigenvalue weighted by molar-refractivity contribution is 7.81. The van der Waals surface area contributed by atoms with Crippen LogP contribution in [0.2, 0.25) is 0 Å². The third-order valence-electron chi connectivity index (χ3n) is 7.52. The molecular weight excluding hydrogens is 639 g/mol. The quantitative estimate of drug-likeness (QED) is 0.217. The van der Waals surface area contributed by atoms with Crippen molar-refractivity contribution in [3.63, 3.8) is 0 Å². The maximum atomic E-state index is 13.5. The van der Waals surface area contributed by atoms with E-state index >= 15 is 0 Å². The maximum absolute atomic E-state index is 13.5. The van der Waals surface area contributed by atoms with E-state index in [1.54, 1.807) is 0 Å². The van der Waals surface area contributed by atoms with E-state index in [4.69, 9.17) is 9.47 Å². The van der Waals surface area contributed by atoms with Crippen LogP contribution in [0.1, 0.15) is 24.0 Å². The van der Waals surface area contributed by atoms with Crippen LogP contribution in [-0.2, 0) is 27.5 Å². The van der Waals surface area contributed by atoms with Gasteiger partial charge in [-0.15, -0.1) is 0 Å². The Bertz CT molecular complexity index is 1450. The third kappa shape index (κ3) is 9.21. The number of likely N-dealkylation sites (tertiary alicyclic amines) is 2. The molecule has 0 saturated carbocycles. The van der Waals surface area contributed by atoms with Crippen LogP contribution in [-0.4, -0.2) is 92.8 Å². The van der Waals surface area contributed by atoms with Crippen molar-refractivity contribution in [1.29, 1.82) is 0 Å². The average molecular weight is 670 g/mol. The lowest BCUT2D eigenvalue weighted by Crippen LogP contribution is -2.47. The van der Waals surface area contributed by atoms with E-state index in [-0.39, 0.29) is 55.8 Å². The van der Waals surface area contributed by atoms with E-state index in [0.717, 1.165) is 0 Å². The molecule has 0 spiro atoms. The van der Waals surface area contributed by atoms with Gasteiger partial charge in [-0.2, -0.15) is 25.8 Å². The largest absolute Gasteiger partial charge is 0.445 e. The number of ether oxygens (including phenoxy) is 2. The van der Waals surface area contributed by atoms with Gasteiger partial charge in [0, 0.05) is 55.7 Å². The zero-order chi connectivity index (χ0) is 33.6. The summed E-state index contributed by atoms with van der Waals surface area (Å²) in [4.78, 5) is 62.7. The third-order valence-corrected chi connectivity index (χ3v) is 7.90. The minimum absolute atomic E-state index is 0.0439. The number of hydrogen-bond acceptors (Lipinski definition) is 10. The highest BCUT2D eigenvalue weighted by Crippen LogP contribution is 2.28. The first-order valence-electron chi connectivity index (χ1n) is 14.1. The fourth-order valence-corrected chi connectivity index (χ4v) is 5.64. The summed E-state index contributed by atoms with van der Waals surface area (Å²) in [6.07, 6.45) is -6.20. The van der Waals surface area contributed by atoms with Crippen molar-refractivity contribution in [2.45, 2.75) is 43.5 Å². The van der Waals surface area contributed by atoms with E-state index < -0.39 is 59.2 Å². The minimum atomic E-state index is -4.72. The number of rotatable bonds is 10. The van der Waals surface area contributed by atoms with Crippen molar-refractivity contribution in [2.24, 2.45) is 5.92 Å². The van der Waals surface area contributed by atoms with Gasteiger partial charge in [0.25, 0.3) is 11.4 Å². The SMILES string of the molecule is O=C(OCc1ccc([N+](=O)[O-])cc1)N(C[C@H]1CCN(C(=O)[C@@H]2C[C@H](S)CN2C(=O)OCc2ccc([N+](=O)[O-])cc2)C1)CC(F)(F)F. The Balaban J connectivity index is 1.33. The van der Waals surface area contributed by atoms with Crippen LogP contribution in [0, 0.1) is 26.1 Å². The molecule has 2 aliphatic heterocycles. The molecule has 2 aromatic rings. The Morgan fingerprint density at radius 2 is 1.46 bits per heavy atom. The maximum Gasteiger partial charge on any atom is 0.410 e. The number of nitro groups is 2. The second-order valence-electron chi connectivity index (χ2n) is 10.9. The number of nitro benzene ring substituents is 2. The van der Waals surface area contributed by atoms with Crippen LogP contribution >= 0.6 is 12.6 Å². The second kappa shape index (κ2) is 14.7. The van der Waals surface area contributed by atoms with Gasteiger partial charge in [-0.25, -0.2) is 9.59 Å². The summed E-state index contributed by atoms with van der Waals surface area (Å²) in [6, 6.07) is 9.53. The number of nitrogens with zero attached hydrogens (tertiary/aromatic N) is 5. The topological polar surface area (TPSA) is 166 Å². The number of carbonyl (C=O) groups is 3. The first kappa shape index (κ1) is 34.3. The Labute approximate surface area is 265 Å². The van der Waals surface area contributed by atoms with Gasteiger partial charge < -0.3 is 14.4 Å². The molecule has 0 bridgehead atoms. The molecule has 3 amide bonds. The molecule has 4 rings (SSSR count). The van der Waals surface area contributed by atoms with Crippen molar-refractivity contribution < 1.29 is 46.9 Å². The highest BCUT2D eigenvalue weighted by atomic mass is 32.1. The zero-order valence-electron chi connectivity index (χ0n) is 24.2. The molecule has 3 atom stereocenters. The fourth-order valence-electron chi connectivity index (χ4n) is 5.27. The lowest BCUT2D eigenvalue weighted by molar-refractivity contribution is -0.385. The number of non-ortho nitro benzene ring substituents is 2. The second-order valence-corrected chi connectivity index (χ2v) is 11.7. The van der Waals surface area contributed by atoms with Crippen molar-refractivity contribution >= 4 is 42.1 Å². The van der Waals surface area contributed by atoms with Crippen LogP contribution in [0.5, 0.6) is 0 Å². The van der Waals surface area contributed by atoms with Gasteiger partial charge in [0.05, 0.1) is 9.85 Å². The van der Waals surface area contributed by atoms with E-state index in [9.17, 15) is 47.8 Å². The number of hydrogen-bond donors (Lipinski definition) is 1. The van der Waals surface area contributed by atoms with Crippen LogP contribution in [0.3, 0.4) is 0 Å². The highest BCUT2D eigenvalue weighted by Gasteiger charge is 2.43. The first-order valence-corrected chi connectivity index (χ1v) is 14.6. The number of alkyl halides is 3. The average Bonchev–Trinajstić information content (AvgIpc) is 3.64. The first-order chi connectivity index (χ1) is 21.7. The Hall–Kier alpha value is -4.61. The van der Waals surface area contributed by atoms with Gasteiger partial charge in [0.2, 0.25) is 5.91 Å². The summed E-state index contributed by atoms with van der Waals surface area (Å²) < 4.78 is 50.4.